The number of fused-ring (bicyclic) bond motifs is 1. The van der Waals surface area contributed by atoms with E-state index in [1.54, 1.807) is 0 Å². The maximum atomic E-state index is 12.4. The molecule has 0 aliphatic rings. The van der Waals surface area contributed by atoms with Gasteiger partial charge in [0.2, 0.25) is 0 Å². The van der Waals surface area contributed by atoms with E-state index in [0.29, 0.717) is 0 Å². The van der Waals surface area contributed by atoms with Crippen molar-refractivity contribution in [3.8, 4) is 0 Å². The second-order valence-corrected chi connectivity index (χ2v) is 5.50. The van der Waals surface area contributed by atoms with Gasteiger partial charge in [0.25, 0.3) is 0 Å². The highest BCUT2D eigenvalue weighted by Crippen LogP contribution is 2.23. The molecule has 0 aromatic heterocycles. The number of anilines is 1. The van der Waals surface area contributed by atoms with E-state index in [0.717, 1.165) is 28.4 Å². The van der Waals surface area contributed by atoms with Gasteiger partial charge < -0.3 is 10.6 Å². The van der Waals surface area contributed by atoms with Crippen molar-refractivity contribution in [2.24, 2.45) is 0 Å². The Bertz CT molecular complexity index is 794. The maximum absolute atomic E-state index is 12.4. The minimum absolute atomic E-state index is 0.00572. The average molecular weight is 304 g/mol. The Morgan fingerprint density at radius 3 is 2.39 bits per heavy atom. The lowest BCUT2D eigenvalue weighted by Crippen LogP contribution is -2.32. The Hall–Kier alpha value is -2.81. The zero-order chi connectivity index (χ0) is 16.1. The Balaban J connectivity index is 1.76. The van der Waals surface area contributed by atoms with Gasteiger partial charge in [-0.05, 0) is 23.4 Å². The monoisotopic (exact) mass is 304 g/mol. The van der Waals surface area contributed by atoms with Gasteiger partial charge in [-0.25, -0.2) is 4.79 Å². The minimum Gasteiger partial charge on any atom is -0.331 e. The van der Waals surface area contributed by atoms with Crippen molar-refractivity contribution in [2.75, 3.05) is 5.32 Å². The number of hydrogen-bond acceptors (Lipinski definition) is 1. The molecule has 0 radical (unpaired) electrons. The van der Waals surface area contributed by atoms with Crippen LogP contribution in [0.5, 0.6) is 0 Å². The van der Waals surface area contributed by atoms with Crippen LogP contribution >= 0.6 is 0 Å². The van der Waals surface area contributed by atoms with Crippen molar-refractivity contribution in [2.45, 2.75) is 19.4 Å². The molecule has 0 spiro atoms. The first kappa shape index (κ1) is 15.1. The molecule has 0 saturated carbocycles. The predicted octanol–water partition coefficient (Wildman–Crippen LogP) is 5.11. The fraction of sp³-hybridized carbons (Fsp3) is 0.150. The second kappa shape index (κ2) is 6.97. The normalized spacial score (nSPS) is 11.9. The molecular weight excluding hydrogens is 284 g/mol. The summed E-state index contributed by atoms with van der Waals surface area (Å²) in [4.78, 5) is 12.4. The molecular formula is C20H20N2O. The second-order valence-electron chi connectivity index (χ2n) is 5.50. The first-order valence-corrected chi connectivity index (χ1v) is 7.88. The third-order valence-corrected chi connectivity index (χ3v) is 3.95. The van der Waals surface area contributed by atoms with Gasteiger partial charge in [-0.3, -0.25) is 0 Å². The molecule has 1 unspecified atom stereocenters. The van der Waals surface area contributed by atoms with E-state index in [1.165, 1.54) is 0 Å². The lowest BCUT2D eigenvalue weighted by molar-refractivity contribution is 0.248. The summed E-state index contributed by atoms with van der Waals surface area (Å²) >= 11 is 0. The lowest BCUT2D eigenvalue weighted by atomic mass is 10.1. The summed E-state index contributed by atoms with van der Waals surface area (Å²) in [5.74, 6) is 0. The van der Waals surface area contributed by atoms with Crippen LogP contribution in [0.4, 0.5) is 10.5 Å². The molecule has 0 fully saturated rings. The van der Waals surface area contributed by atoms with Crippen molar-refractivity contribution in [1.29, 1.82) is 0 Å². The van der Waals surface area contributed by atoms with Crippen LogP contribution < -0.4 is 10.6 Å². The van der Waals surface area contributed by atoms with Crippen LogP contribution in [0.2, 0.25) is 0 Å². The van der Waals surface area contributed by atoms with Crippen molar-refractivity contribution >= 4 is 22.5 Å². The summed E-state index contributed by atoms with van der Waals surface area (Å²) in [6, 6.07) is 23.8. The highest BCUT2D eigenvalue weighted by molar-refractivity contribution is 6.01. The van der Waals surface area contributed by atoms with Crippen LogP contribution in [0.15, 0.2) is 72.8 Å². The lowest BCUT2D eigenvalue weighted by Gasteiger charge is -2.18. The maximum Gasteiger partial charge on any atom is 0.319 e. The van der Waals surface area contributed by atoms with Crippen LogP contribution in [0.1, 0.15) is 24.9 Å². The summed E-state index contributed by atoms with van der Waals surface area (Å²) in [6.07, 6.45) is 0.840. The number of amides is 2. The first-order chi connectivity index (χ1) is 11.3. The van der Waals surface area contributed by atoms with Crippen LogP contribution in [0.25, 0.3) is 10.8 Å². The highest BCUT2D eigenvalue weighted by Gasteiger charge is 2.13. The summed E-state index contributed by atoms with van der Waals surface area (Å²) < 4.78 is 0. The average Bonchev–Trinajstić information content (AvgIpc) is 2.61. The molecule has 3 rings (SSSR count). The molecule has 116 valence electrons. The van der Waals surface area contributed by atoms with Crippen molar-refractivity contribution < 1.29 is 4.79 Å². The minimum atomic E-state index is -0.183. The van der Waals surface area contributed by atoms with Crippen molar-refractivity contribution in [3.05, 3.63) is 78.4 Å². The van der Waals surface area contributed by atoms with Crippen LogP contribution in [0.3, 0.4) is 0 Å². The molecule has 3 nitrogen and oxygen atoms in total. The summed E-state index contributed by atoms with van der Waals surface area (Å²) in [7, 11) is 0. The first-order valence-electron chi connectivity index (χ1n) is 7.88. The van der Waals surface area contributed by atoms with E-state index in [1.807, 2.05) is 72.8 Å². The number of hydrogen-bond donors (Lipinski definition) is 2. The van der Waals surface area contributed by atoms with Gasteiger partial charge in [0.05, 0.1) is 11.7 Å². The largest absolute Gasteiger partial charge is 0.331 e. The number of carbonyl (C=O) groups excluding carboxylic acids is 1. The van der Waals surface area contributed by atoms with E-state index in [4.69, 9.17) is 0 Å². The van der Waals surface area contributed by atoms with E-state index in [9.17, 15) is 4.79 Å². The van der Waals surface area contributed by atoms with Gasteiger partial charge in [-0.2, -0.15) is 0 Å². The molecule has 0 heterocycles. The number of urea groups is 1. The number of rotatable bonds is 4. The third-order valence-electron chi connectivity index (χ3n) is 3.95. The molecule has 0 aliphatic carbocycles. The number of benzene rings is 3. The number of carbonyl (C=O) groups is 1. The van der Waals surface area contributed by atoms with E-state index in [2.05, 4.69) is 17.6 Å². The topological polar surface area (TPSA) is 41.1 Å². The summed E-state index contributed by atoms with van der Waals surface area (Å²) in [5, 5.41) is 8.17. The van der Waals surface area contributed by atoms with Gasteiger partial charge >= 0.3 is 6.03 Å². The van der Waals surface area contributed by atoms with Crippen molar-refractivity contribution in [3.63, 3.8) is 0 Å². The number of nitrogens with one attached hydrogen (secondary N) is 2. The van der Waals surface area contributed by atoms with E-state index >= 15 is 0 Å². The fourth-order valence-corrected chi connectivity index (χ4v) is 2.76. The quantitative estimate of drug-likeness (QED) is 0.690. The Kier molecular flexibility index (Phi) is 4.57. The van der Waals surface area contributed by atoms with Crippen molar-refractivity contribution in [1.82, 2.24) is 5.32 Å². The van der Waals surface area contributed by atoms with Gasteiger partial charge in [0.1, 0.15) is 0 Å². The summed E-state index contributed by atoms with van der Waals surface area (Å²) in [5.41, 5.74) is 1.94. The molecule has 3 aromatic carbocycles. The highest BCUT2D eigenvalue weighted by atomic mass is 16.2. The van der Waals surface area contributed by atoms with E-state index < -0.39 is 0 Å². The fourth-order valence-electron chi connectivity index (χ4n) is 2.76. The Morgan fingerprint density at radius 2 is 1.61 bits per heavy atom. The standard InChI is InChI=1S/C20H20N2O/c1-2-18(16-10-4-3-5-11-16)21-20(23)22-19-14-8-12-15-9-6-7-13-17(15)19/h3-14,18H,2H2,1H3,(H2,21,22,23). The van der Waals surface area contributed by atoms with Crippen LogP contribution in [0, 0.1) is 0 Å². The smallest absolute Gasteiger partial charge is 0.319 e. The van der Waals surface area contributed by atoms with Gasteiger partial charge in [0.15, 0.2) is 0 Å². The van der Waals surface area contributed by atoms with E-state index in [-0.39, 0.29) is 12.1 Å². The zero-order valence-electron chi connectivity index (χ0n) is 13.1. The Morgan fingerprint density at radius 1 is 0.913 bits per heavy atom. The third kappa shape index (κ3) is 3.51. The predicted molar refractivity (Wildman–Crippen MR) is 95.6 cm³/mol. The summed E-state index contributed by atoms with van der Waals surface area (Å²) in [6.45, 7) is 2.07. The van der Waals surface area contributed by atoms with Gasteiger partial charge in [-0.15, -0.1) is 0 Å². The SMILES string of the molecule is CCC(NC(=O)Nc1cccc2ccccc12)c1ccccc1. The molecule has 2 amide bonds. The molecule has 0 saturated heterocycles. The molecule has 1 atom stereocenters. The van der Waals surface area contributed by atoms with Crippen LogP contribution in [-0.4, -0.2) is 6.03 Å². The molecule has 2 N–H and O–H groups in total. The molecule has 3 aromatic rings. The Labute approximate surface area is 136 Å². The molecule has 3 heteroatoms. The van der Waals surface area contributed by atoms with Crippen LogP contribution in [-0.2, 0) is 0 Å². The molecule has 0 bridgehead atoms. The molecule has 0 aliphatic heterocycles. The van der Waals surface area contributed by atoms with Gasteiger partial charge in [-0.1, -0.05) is 73.7 Å². The van der Waals surface area contributed by atoms with Gasteiger partial charge in [0, 0.05) is 5.39 Å². The zero-order valence-corrected chi connectivity index (χ0v) is 13.1. The molecule has 23 heavy (non-hydrogen) atoms.